The van der Waals surface area contributed by atoms with Crippen LogP contribution in [0.4, 0.5) is 5.69 Å². The summed E-state index contributed by atoms with van der Waals surface area (Å²) in [6.45, 7) is 1.98. The summed E-state index contributed by atoms with van der Waals surface area (Å²) in [6.07, 6.45) is 4.66. The van der Waals surface area contributed by atoms with Crippen LogP contribution in [-0.2, 0) is 18.3 Å². The molecule has 1 heterocycles. The molecule has 2 rings (SSSR count). The molecule has 7 heteroatoms. The van der Waals surface area contributed by atoms with Gasteiger partial charge in [-0.2, -0.15) is 5.10 Å². The van der Waals surface area contributed by atoms with Crippen molar-refractivity contribution in [2.24, 2.45) is 12.0 Å². The van der Waals surface area contributed by atoms with Gasteiger partial charge in [0, 0.05) is 64.3 Å². The molecule has 0 aliphatic carbocycles. The Morgan fingerprint density at radius 2 is 2.21 bits per heavy atom. The molecule has 1 aromatic carbocycles. The van der Waals surface area contributed by atoms with Crippen molar-refractivity contribution < 1.29 is 9.47 Å². The molecule has 0 saturated heterocycles. The van der Waals surface area contributed by atoms with Crippen molar-refractivity contribution in [1.82, 2.24) is 15.1 Å². The second-order valence-corrected chi connectivity index (χ2v) is 5.30. The number of rotatable bonds is 8. The number of methoxy groups -OCH3 is 1. The molecule has 0 radical (unpaired) electrons. The zero-order valence-corrected chi connectivity index (χ0v) is 14.5. The van der Waals surface area contributed by atoms with Crippen molar-refractivity contribution in [3.05, 3.63) is 42.2 Å². The minimum absolute atomic E-state index is 0.630. The van der Waals surface area contributed by atoms with Crippen molar-refractivity contribution in [3.63, 3.8) is 0 Å². The number of hydrogen-bond donors (Lipinski definition) is 2. The summed E-state index contributed by atoms with van der Waals surface area (Å²) in [5.41, 5.74) is 2.01. The van der Waals surface area contributed by atoms with Crippen molar-refractivity contribution in [2.75, 3.05) is 32.7 Å². The first-order valence-corrected chi connectivity index (χ1v) is 7.88. The van der Waals surface area contributed by atoms with Crippen LogP contribution in [0.3, 0.4) is 0 Å². The van der Waals surface area contributed by atoms with Gasteiger partial charge in [0.1, 0.15) is 5.75 Å². The average molecular weight is 331 g/mol. The summed E-state index contributed by atoms with van der Waals surface area (Å²) in [5.74, 6) is 1.51. The molecular formula is C17H25N5O2. The van der Waals surface area contributed by atoms with Gasteiger partial charge in [-0.1, -0.05) is 6.07 Å². The fourth-order valence-corrected chi connectivity index (χ4v) is 2.12. The summed E-state index contributed by atoms with van der Waals surface area (Å²) in [4.78, 5) is 4.23. The topological polar surface area (TPSA) is 72.7 Å². The smallest absolute Gasteiger partial charge is 0.195 e. The van der Waals surface area contributed by atoms with E-state index >= 15 is 0 Å². The van der Waals surface area contributed by atoms with Gasteiger partial charge >= 0.3 is 0 Å². The van der Waals surface area contributed by atoms with Gasteiger partial charge in [0.15, 0.2) is 5.96 Å². The monoisotopic (exact) mass is 331 g/mol. The van der Waals surface area contributed by atoms with E-state index in [4.69, 9.17) is 9.47 Å². The van der Waals surface area contributed by atoms with Gasteiger partial charge in [0.25, 0.3) is 0 Å². The maximum atomic E-state index is 5.70. The van der Waals surface area contributed by atoms with E-state index in [1.54, 1.807) is 18.8 Å². The zero-order chi connectivity index (χ0) is 17.2. The highest BCUT2D eigenvalue weighted by Crippen LogP contribution is 2.17. The van der Waals surface area contributed by atoms with Gasteiger partial charge in [0.05, 0.1) is 12.8 Å². The van der Waals surface area contributed by atoms with E-state index in [1.807, 2.05) is 43.7 Å². The predicted octanol–water partition coefficient (Wildman–Crippen LogP) is 2.02. The fourth-order valence-electron chi connectivity index (χ4n) is 2.12. The third-order valence-corrected chi connectivity index (χ3v) is 3.30. The lowest BCUT2D eigenvalue weighted by Crippen LogP contribution is -2.30. The van der Waals surface area contributed by atoms with Gasteiger partial charge in [-0.15, -0.1) is 0 Å². The van der Waals surface area contributed by atoms with E-state index < -0.39 is 0 Å². The Hall–Kier alpha value is -2.54. The lowest BCUT2D eigenvalue weighted by atomic mass is 10.3. The number of ether oxygens (including phenoxy) is 2. The van der Waals surface area contributed by atoms with Crippen LogP contribution in [-0.4, -0.2) is 43.1 Å². The van der Waals surface area contributed by atoms with E-state index in [9.17, 15) is 0 Å². The molecule has 0 atom stereocenters. The number of guanidine groups is 1. The standard InChI is InChI=1S/C17H25N5O2/c1-18-17(19-11-14-12-20-22(2)13-14)21-15-6-4-7-16(10-15)24-9-5-8-23-3/h4,6-7,10,12-13H,5,8-9,11H2,1-3H3,(H2,18,19,21). The third-order valence-electron chi connectivity index (χ3n) is 3.30. The molecule has 0 spiro atoms. The first kappa shape index (κ1) is 17.8. The van der Waals surface area contributed by atoms with Crippen molar-refractivity contribution in [1.29, 1.82) is 0 Å². The number of aromatic nitrogens is 2. The quantitative estimate of drug-likeness (QED) is 0.440. The molecule has 2 N–H and O–H groups in total. The van der Waals surface area contributed by atoms with Crippen LogP contribution in [0, 0.1) is 0 Å². The Morgan fingerprint density at radius 3 is 2.92 bits per heavy atom. The van der Waals surface area contributed by atoms with Gasteiger partial charge in [-0.25, -0.2) is 0 Å². The van der Waals surface area contributed by atoms with Crippen LogP contribution in [0.25, 0.3) is 0 Å². The fraction of sp³-hybridized carbons (Fsp3) is 0.412. The van der Waals surface area contributed by atoms with Gasteiger partial charge in [0.2, 0.25) is 0 Å². The number of anilines is 1. The average Bonchev–Trinajstić information content (AvgIpc) is 3.01. The molecule has 0 saturated carbocycles. The maximum Gasteiger partial charge on any atom is 0.195 e. The highest BCUT2D eigenvalue weighted by molar-refractivity contribution is 5.93. The predicted molar refractivity (Wildman–Crippen MR) is 95.5 cm³/mol. The number of nitrogens with one attached hydrogen (secondary N) is 2. The molecule has 0 amide bonds. The number of benzene rings is 1. The molecule has 0 fully saturated rings. The van der Waals surface area contributed by atoms with Crippen molar-refractivity contribution in [2.45, 2.75) is 13.0 Å². The first-order chi connectivity index (χ1) is 11.7. The summed E-state index contributed by atoms with van der Waals surface area (Å²) in [7, 11) is 5.33. The summed E-state index contributed by atoms with van der Waals surface area (Å²) in [5, 5.41) is 10.7. The van der Waals surface area contributed by atoms with Crippen molar-refractivity contribution >= 4 is 11.6 Å². The molecule has 130 valence electrons. The molecule has 0 aliphatic heterocycles. The number of aliphatic imine (C=N–C) groups is 1. The largest absolute Gasteiger partial charge is 0.493 e. The van der Waals surface area contributed by atoms with Crippen LogP contribution >= 0.6 is 0 Å². The first-order valence-electron chi connectivity index (χ1n) is 7.88. The molecule has 1 aromatic heterocycles. The highest BCUT2D eigenvalue weighted by Gasteiger charge is 2.03. The molecule has 2 aromatic rings. The molecule has 0 aliphatic rings. The Kier molecular flexibility index (Phi) is 7.10. The van der Waals surface area contributed by atoms with E-state index in [1.165, 1.54) is 0 Å². The molecule has 24 heavy (non-hydrogen) atoms. The Balaban J connectivity index is 1.86. The van der Waals surface area contributed by atoms with Crippen LogP contribution < -0.4 is 15.4 Å². The van der Waals surface area contributed by atoms with Gasteiger partial charge < -0.3 is 20.1 Å². The molecule has 0 bridgehead atoms. The number of nitrogens with zero attached hydrogens (tertiary/aromatic N) is 3. The zero-order valence-electron chi connectivity index (χ0n) is 14.5. The summed E-state index contributed by atoms with van der Waals surface area (Å²) >= 11 is 0. The van der Waals surface area contributed by atoms with Crippen LogP contribution in [0.15, 0.2) is 41.7 Å². The van der Waals surface area contributed by atoms with E-state index in [0.29, 0.717) is 25.7 Å². The minimum atomic E-state index is 0.630. The SMILES string of the molecule is CN=C(NCc1cnn(C)c1)Nc1cccc(OCCCOC)c1. The summed E-state index contributed by atoms with van der Waals surface area (Å²) < 4.78 is 12.5. The normalized spacial score (nSPS) is 11.4. The molecular weight excluding hydrogens is 306 g/mol. The van der Waals surface area contributed by atoms with E-state index in [2.05, 4.69) is 20.7 Å². The van der Waals surface area contributed by atoms with E-state index in [-0.39, 0.29) is 0 Å². The molecule has 0 unspecified atom stereocenters. The number of hydrogen-bond acceptors (Lipinski definition) is 4. The minimum Gasteiger partial charge on any atom is -0.493 e. The third kappa shape index (κ3) is 5.92. The summed E-state index contributed by atoms with van der Waals surface area (Å²) in [6, 6.07) is 7.80. The van der Waals surface area contributed by atoms with Crippen molar-refractivity contribution in [3.8, 4) is 5.75 Å². The van der Waals surface area contributed by atoms with Gasteiger partial charge in [-0.3, -0.25) is 9.67 Å². The Morgan fingerprint density at radius 1 is 1.33 bits per heavy atom. The Bertz CT molecular complexity index is 654. The van der Waals surface area contributed by atoms with E-state index in [0.717, 1.165) is 23.4 Å². The highest BCUT2D eigenvalue weighted by atomic mass is 16.5. The van der Waals surface area contributed by atoms with Crippen LogP contribution in [0.5, 0.6) is 5.75 Å². The second kappa shape index (κ2) is 9.57. The lowest BCUT2D eigenvalue weighted by Gasteiger charge is -2.12. The number of aryl methyl sites for hydroxylation is 1. The maximum absolute atomic E-state index is 5.70. The van der Waals surface area contributed by atoms with Crippen LogP contribution in [0.1, 0.15) is 12.0 Å². The lowest BCUT2D eigenvalue weighted by molar-refractivity contribution is 0.172. The van der Waals surface area contributed by atoms with Gasteiger partial charge in [-0.05, 0) is 12.1 Å². The second-order valence-electron chi connectivity index (χ2n) is 5.30. The molecule has 7 nitrogen and oxygen atoms in total. The Labute approximate surface area is 142 Å². The van der Waals surface area contributed by atoms with Crippen LogP contribution in [0.2, 0.25) is 0 Å².